The molecule has 0 atom stereocenters. The Kier molecular flexibility index (Phi) is 12.4. The highest BCUT2D eigenvalue weighted by Gasteiger charge is 2.51. The summed E-state index contributed by atoms with van der Waals surface area (Å²) in [5.41, 5.74) is 6.37. The number of hydrogen-bond donors (Lipinski definition) is 1. The standard InChI is InChI=1S/C19H14F3NO4S.C11H12F3NO2S.ClH/c1-12-6-8-13(9-7-12)28(26,27)19(21,22)16(20)10-11-23-17(24)14-4-2-3-5-15(14)18(23)25;1-8-2-4-9(5-3-8)18(16,17)11(13,14)10(12)6-7-15;/h2-10H,11H2,1H3;2-6H,7,15H2,1H3;1H/b16-10-;10-6-;. The smallest absolute Gasteiger partial charge is 0.327 e. The Morgan fingerprint density at radius 3 is 1.36 bits per heavy atom. The lowest BCUT2D eigenvalue weighted by Crippen LogP contribution is -2.33. The molecule has 0 unspecified atom stereocenters. The molecule has 17 heteroatoms. The fourth-order valence-electron chi connectivity index (χ4n) is 3.91. The van der Waals surface area contributed by atoms with Crippen molar-refractivity contribution in [2.75, 3.05) is 13.1 Å². The Bertz CT molecular complexity index is 1880. The van der Waals surface area contributed by atoms with E-state index in [-0.39, 0.29) is 29.6 Å². The number of sulfone groups is 2. The molecule has 0 bridgehead atoms. The summed E-state index contributed by atoms with van der Waals surface area (Å²) < 4.78 is 130. The number of benzene rings is 3. The van der Waals surface area contributed by atoms with Gasteiger partial charge in [-0.25, -0.2) is 25.6 Å². The van der Waals surface area contributed by atoms with Crippen molar-refractivity contribution in [3.05, 3.63) is 119 Å². The lowest BCUT2D eigenvalue weighted by atomic mass is 10.1. The molecule has 0 spiro atoms. The van der Waals surface area contributed by atoms with Crippen molar-refractivity contribution < 1.29 is 52.8 Å². The van der Waals surface area contributed by atoms with Crippen molar-refractivity contribution in [1.29, 1.82) is 0 Å². The molecule has 0 radical (unpaired) electrons. The van der Waals surface area contributed by atoms with Crippen molar-refractivity contribution in [2.24, 2.45) is 5.73 Å². The van der Waals surface area contributed by atoms with Gasteiger partial charge in [0.25, 0.3) is 31.5 Å². The van der Waals surface area contributed by atoms with E-state index in [2.05, 4.69) is 0 Å². The minimum Gasteiger partial charge on any atom is -0.327 e. The first-order valence-electron chi connectivity index (χ1n) is 13.1. The Labute approximate surface area is 272 Å². The third-order valence-electron chi connectivity index (χ3n) is 6.52. The molecule has 0 aromatic heterocycles. The van der Waals surface area contributed by atoms with Gasteiger partial charge in [-0.15, -0.1) is 12.4 Å². The molecule has 2 amide bonds. The summed E-state index contributed by atoms with van der Waals surface area (Å²) in [5.74, 6) is -5.86. The van der Waals surface area contributed by atoms with Gasteiger partial charge in [-0.1, -0.05) is 47.5 Å². The van der Waals surface area contributed by atoms with Crippen LogP contribution in [0.5, 0.6) is 0 Å². The summed E-state index contributed by atoms with van der Waals surface area (Å²) in [6, 6.07) is 15.1. The van der Waals surface area contributed by atoms with Crippen molar-refractivity contribution >= 4 is 43.9 Å². The number of imide groups is 1. The predicted molar refractivity (Wildman–Crippen MR) is 163 cm³/mol. The fraction of sp³-hybridized carbons (Fsp3) is 0.200. The molecule has 0 fully saturated rings. The molecule has 8 nitrogen and oxygen atoms in total. The van der Waals surface area contributed by atoms with E-state index in [9.17, 15) is 52.8 Å². The van der Waals surface area contributed by atoms with Crippen LogP contribution < -0.4 is 5.73 Å². The number of amides is 2. The molecule has 3 aromatic rings. The Balaban J connectivity index is 0.000000352. The van der Waals surface area contributed by atoms with Crippen LogP contribution in [0, 0.1) is 13.8 Å². The highest BCUT2D eigenvalue weighted by molar-refractivity contribution is 7.93. The monoisotopic (exact) mass is 724 g/mol. The van der Waals surface area contributed by atoms with Gasteiger partial charge in [0.2, 0.25) is 0 Å². The van der Waals surface area contributed by atoms with Gasteiger partial charge in [0.15, 0.2) is 11.7 Å². The number of halogens is 7. The van der Waals surface area contributed by atoms with Crippen LogP contribution >= 0.6 is 12.4 Å². The number of hydrogen-bond acceptors (Lipinski definition) is 7. The van der Waals surface area contributed by atoms with E-state index in [1.807, 2.05) is 0 Å². The number of nitrogens with two attached hydrogens (primary N) is 1. The first kappa shape index (κ1) is 39.2. The van der Waals surface area contributed by atoms with E-state index in [1.165, 1.54) is 48.5 Å². The lowest BCUT2D eigenvalue weighted by Gasteiger charge is -2.17. The van der Waals surface area contributed by atoms with Gasteiger partial charge >= 0.3 is 10.5 Å². The van der Waals surface area contributed by atoms with Gasteiger partial charge in [-0.3, -0.25) is 14.5 Å². The molecule has 1 aliphatic rings. The highest BCUT2D eigenvalue weighted by Crippen LogP contribution is 2.37. The summed E-state index contributed by atoms with van der Waals surface area (Å²) in [4.78, 5) is 23.5. The fourth-order valence-corrected chi connectivity index (χ4v) is 6.17. The molecule has 47 heavy (non-hydrogen) atoms. The molecule has 3 aromatic carbocycles. The van der Waals surface area contributed by atoms with Gasteiger partial charge in [0.1, 0.15) is 0 Å². The van der Waals surface area contributed by atoms with Gasteiger partial charge in [0.05, 0.1) is 27.5 Å². The maximum Gasteiger partial charge on any atom is 0.400 e. The molecule has 2 N–H and O–H groups in total. The second-order valence-corrected chi connectivity index (χ2v) is 13.8. The molecular formula is C30H27ClF6N2O6S2. The maximum absolute atomic E-state index is 14.3. The van der Waals surface area contributed by atoms with Crippen molar-refractivity contribution in [3.63, 3.8) is 0 Å². The largest absolute Gasteiger partial charge is 0.400 e. The minimum atomic E-state index is -5.35. The van der Waals surface area contributed by atoms with E-state index in [0.717, 1.165) is 24.3 Å². The SMILES string of the molecule is Cc1ccc(S(=O)(=O)C(F)(F)/C(F)=C/CN)cc1.Cc1ccc(S(=O)(=O)C(F)(F)/C(F)=C/CN2C(=O)c3ccccc3C2=O)cc1.Cl. The maximum atomic E-state index is 14.3. The zero-order chi connectivity index (χ0) is 34.7. The number of rotatable bonds is 9. The van der Waals surface area contributed by atoms with Crippen LogP contribution in [0.3, 0.4) is 0 Å². The first-order chi connectivity index (χ1) is 21.3. The number of aryl methyl sites for hydroxylation is 2. The highest BCUT2D eigenvalue weighted by atomic mass is 35.5. The Hall–Kier alpha value is -3.99. The van der Waals surface area contributed by atoms with Crippen LogP contribution in [0.15, 0.2) is 106 Å². The Morgan fingerprint density at radius 2 is 1.02 bits per heavy atom. The van der Waals surface area contributed by atoms with Crippen LogP contribution in [-0.2, 0) is 19.7 Å². The van der Waals surface area contributed by atoms with E-state index >= 15 is 0 Å². The van der Waals surface area contributed by atoms with Gasteiger partial charge < -0.3 is 5.73 Å². The Morgan fingerprint density at radius 1 is 0.681 bits per heavy atom. The van der Waals surface area contributed by atoms with Crippen LogP contribution in [0.1, 0.15) is 31.8 Å². The lowest BCUT2D eigenvalue weighted by molar-refractivity contribution is 0.0665. The second-order valence-electron chi connectivity index (χ2n) is 9.77. The third-order valence-corrected chi connectivity index (χ3v) is 10.0. The number of nitrogens with zero attached hydrogens (tertiary/aromatic N) is 1. The van der Waals surface area contributed by atoms with Gasteiger partial charge in [-0.05, 0) is 62.4 Å². The molecule has 254 valence electrons. The molecule has 1 heterocycles. The normalized spacial score (nSPS) is 14.3. The number of fused-ring (bicyclic) bond motifs is 1. The summed E-state index contributed by atoms with van der Waals surface area (Å²) >= 11 is 0. The average molecular weight is 725 g/mol. The third kappa shape index (κ3) is 7.77. The molecule has 0 saturated carbocycles. The van der Waals surface area contributed by atoms with Crippen molar-refractivity contribution in [2.45, 2.75) is 34.1 Å². The molecule has 4 rings (SSSR count). The van der Waals surface area contributed by atoms with Crippen LogP contribution in [0.2, 0.25) is 0 Å². The summed E-state index contributed by atoms with van der Waals surface area (Å²) in [6.07, 6.45) is 0.569. The van der Waals surface area contributed by atoms with Crippen LogP contribution in [0.4, 0.5) is 26.3 Å². The number of alkyl halides is 4. The average Bonchev–Trinajstić information content (AvgIpc) is 3.25. The summed E-state index contributed by atoms with van der Waals surface area (Å²) in [5, 5.41) is -9.46. The molecule has 1 aliphatic heterocycles. The summed E-state index contributed by atoms with van der Waals surface area (Å²) in [6.45, 7) is 1.97. The quantitative estimate of drug-likeness (QED) is 0.208. The van der Waals surface area contributed by atoms with Crippen molar-refractivity contribution in [1.82, 2.24) is 4.90 Å². The zero-order valence-electron chi connectivity index (χ0n) is 24.5. The molecule has 0 saturated heterocycles. The van der Waals surface area contributed by atoms with E-state index < -0.39 is 76.5 Å². The molecular weight excluding hydrogens is 698 g/mol. The van der Waals surface area contributed by atoms with E-state index in [0.29, 0.717) is 22.1 Å². The minimum absolute atomic E-state index is 0. The number of carbonyl (C=O) groups is 2. The van der Waals surface area contributed by atoms with Crippen molar-refractivity contribution in [3.8, 4) is 0 Å². The zero-order valence-corrected chi connectivity index (χ0v) is 26.9. The van der Waals surface area contributed by atoms with E-state index in [4.69, 9.17) is 5.73 Å². The van der Waals surface area contributed by atoms with Crippen LogP contribution in [-0.4, -0.2) is 57.1 Å². The van der Waals surface area contributed by atoms with E-state index in [1.54, 1.807) is 13.8 Å². The van der Waals surface area contributed by atoms with Crippen LogP contribution in [0.25, 0.3) is 0 Å². The van der Waals surface area contributed by atoms with Gasteiger partial charge in [0, 0.05) is 6.54 Å². The van der Waals surface area contributed by atoms with Gasteiger partial charge in [-0.2, -0.15) is 17.6 Å². The summed E-state index contributed by atoms with van der Waals surface area (Å²) in [7, 11) is -10.5. The topological polar surface area (TPSA) is 132 Å². The second kappa shape index (κ2) is 14.8. The molecule has 0 aliphatic carbocycles. The predicted octanol–water partition coefficient (Wildman–Crippen LogP) is 6.11. The first-order valence-corrected chi connectivity index (χ1v) is 16.0. The number of carbonyl (C=O) groups excluding carboxylic acids is 2.